The lowest BCUT2D eigenvalue weighted by Crippen LogP contribution is -2.49. The second-order valence-corrected chi connectivity index (χ2v) is 8.93. The Morgan fingerprint density at radius 3 is 2.40 bits per heavy atom. The van der Waals surface area contributed by atoms with Gasteiger partial charge in [0.25, 0.3) is 5.91 Å². The summed E-state index contributed by atoms with van der Waals surface area (Å²) in [5, 5.41) is 3.14. The summed E-state index contributed by atoms with van der Waals surface area (Å²) in [6, 6.07) is 18.8. The molecule has 6 nitrogen and oxygen atoms in total. The van der Waals surface area contributed by atoms with Gasteiger partial charge in [0.2, 0.25) is 5.91 Å². The first kappa shape index (κ1) is 23.0. The van der Waals surface area contributed by atoms with Crippen LogP contribution in [0.25, 0.3) is 0 Å². The molecule has 0 saturated carbocycles. The van der Waals surface area contributed by atoms with E-state index in [0.29, 0.717) is 43.2 Å². The van der Waals surface area contributed by atoms with Gasteiger partial charge in [-0.1, -0.05) is 36.4 Å². The van der Waals surface area contributed by atoms with E-state index in [1.807, 2.05) is 86.3 Å². The van der Waals surface area contributed by atoms with Crippen LogP contribution >= 0.6 is 0 Å². The highest BCUT2D eigenvalue weighted by molar-refractivity contribution is 6.04. The van der Waals surface area contributed by atoms with Crippen molar-refractivity contribution in [1.82, 2.24) is 4.90 Å². The third-order valence-corrected chi connectivity index (χ3v) is 6.87. The molecule has 2 heterocycles. The van der Waals surface area contributed by atoms with Gasteiger partial charge in [-0.05, 0) is 73.7 Å². The minimum absolute atomic E-state index is 0.0389. The molecule has 0 fully saturated rings. The van der Waals surface area contributed by atoms with Gasteiger partial charge < -0.3 is 19.7 Å². The normalized spacial score (nSPS) is 18.3. The van der Waals surface area contributed by atoms with Crippen LogP contribution in [-0.4, -0.2) is 36.5 Å². The van der Waals surface area contributed by atoms with Gasteiger partial charge in [0, 0.05) is 17.8 Å². The molecule has 2 aliphatic rings. The molecule has 0 unspecified atom stereocenters. The summed E-state index contributed by atoms with van der Waals surface area (Å²) < 4.78 is 11.8. The molecular weight excluding hydrogens is 440 g/mol. The van der Waals surface area contributed by atoms with Crippen LogP contribution in [-0.2, 0) is 11.2 Å². The van der Waals surface area contributed by atoms with Crippen LogP contribution in [0.2, 0.25) is 0 Å². The van der Waals surface area contributed by atoms with E-state index in [2.05, 4.69) is 5.32 Å². The summed E-state index contributed by atoms with van der Waals surface area (Å²) in [4.78, 5) is 29.3. The summed E-state index contributed by atoms with van der Waals surface area (Å²) in [7, 11) is 0. The Balaban J connectivity index is 1.65. The molecule has 2 aliphatic heterocycles. The van der Waals surface area contributed by atoms with E-state index in [1.165, 1.54) is 0 Å². The second kappa shape index (κ2) is 9.45. The Morgan fingerprint density at radius 1 is 0.971 bits per heavy atom. The number of carbonyl (C=O) groups excluding carboxylic acids is 2. The Hall–Kier alpha value is -3.80. The molecule has 3 aromatic carbocycles. The summed E-state index contributed by atoms with van der Waals surface area (Å²) in [6.45, 7) is 7.41. The minimum Gasteiger partial charge on any atom is -0.490 e. The van der Waals surface area contributed by atoms with Crippen molar-refractivity contribution in [3.8, 4) is 11.5 Å². The molecule has 6 heteroatoms. The van der Waals surface area contributed by atoms with Crippen molar-refractivity contribution < 1.29 is 19.1 Å². The van der Waals surface area contributed by atoms with Crippen molar-refractivity contribution in [2.45, 2.75) is 39.2 Å². The van der Waals surface area contributed by atoms with Gasteiger partial charge in [-0.25, -0.2) is 0 Å². The highest BCUT2D eigenvalue weighted by Crippen LogP contribution is 2.48. The van der Waals surface area contributed by atoms with E-state index < -0.39 is 12.0 Å². The van der Waals surface area contributed by atoms with Crippen molar-refractivity contribution >= 4 is 17.5 Å². The lowest BCUT2D eigenvalue weighted by atomic mass is 9.75. The fourth-order valence-corrected chi connectivity index (χ4v) is 5.28. The number of rotatable bonds is 6. The van der Waals surface area contributed by atoms with Crippen LogP contribution in [0.15, 0.2) is 60.7 Å². The molecule has 0 spiro atoms. The number of benzene rings is 3. The number of amides is 2. The maximum absolute atomic E-state index is 13.9. The molecule has 35 heavy (non-hydrogen) atoms. The molecule has 1 N–H and O–H groups in total. The highest BCUT2D eigenvalue weighted by Gasteiger charge is 2.46. The Kier molecular flexibility index (Phi) is 6.20. The quantitative estimate of drug-likeness (QED) is 0.533. The van der Waals surface area contributed by atoms with Crippen LogP contribution in [0.1, 0.15) is 58.4 Å². The van der Waals surface area contributed by atoms with Crippen molar-refractivity contribution in [2.24, 2.45) is 0 Å². The zero-order chi connectivity index (χ0) is 24.5. The molecule has 0 radical (unpaired) electrons. The Morgan fingerprint density at radius 2 is 1.66 bits per heavy atom. The molecule has 0 aromatic heterocycles. The first-order chi connectivity index (χ1) is 17.0. The van der Waals surface area contributed by atoms with Crippen LogP contribution in [0.3, 0.4) is 0 Å². The monoisotopic (exact) mass is 470 g/mol. The fraction of sp³-hybridized carbons (Fsp3) is 0.310. The number of hydrogen-bond donors (Lipinski definition) is 1. The number of aryl methyl sites for hydroxylation is 1. The topological polar surface area (TPSA) is 67.9 Å². The largest absolute Gasteiger partial charge is 0.490 e. The van der Waals surface area contributed by atoms with Gasteiger partial charge in [-0.15, -0.1) is 0 Å². The third kappa shape index (κ3) is 4.03. The first-order valence-corrected chi connectivity index (χ1v) is 12.2. The van der Waals surface area contributed by atoms with E-state index >= 15 is 0 Å². The van der Waals surface area contributed by atoms with Crippen LogP contribution in [0.4, 0.5) is 5.69 Å². The summed E-state index contributed by atoms with van der Waals surface area (Å²) in [6.07, 6.45) is 0.693. The molecule has 2 atom stereocenters. The molecule has 0 bridgehead atoms. The van der Waals surface area contributed by atoms with Crippen molar-refractivity contribution in [3.05, 3.63) is 88.5 Å². The van der Waals surface area contributed by atoms with E-state index in [0.717, 1.165) is 27.9 Å². The molecule has 180 valence electrons. The van der Waals surface area contributed by atoms with Crippen LogP contribution < -0.4 is 14.8 Å². The van der Waals surface area contributed by atoms with Crippen LogP contribution in [0, 0.1) is 6.92 Å². The number of anilines is 1. The zero-order valence-corrected chi connectivity index (χ0v) is 20.3. The molecule has 0 aliphatic carbocycles. The van der Waals surface area contributed by atoms with Gasteiger partial charge in [-0.3, -0.25) is 9.59 Å². The zero-order valence-electron chi connectivity index (χ0n) is 20.3. The molecule has 0 saturated heterocycles. The number of para-hydroxylation sites is 1. The maximum Gasteiger partial charge on any atom is 0.254 e. The average molecular weight is 471 g/mol. The lowest BCUT2D eigenvalue weighted by molar-refractivity contribution is -0.119. The summed E-state index contributed by atoms with van der Waals surface area (Å²) in [5.74, 6) is 0.608. The predicted octanol–water partition coefficient (Wildman–Crippen LogP) is 5.27. The summed E-state index contributed by atoms with van der Waals surface area (Å²) >= 11 is 0. The van der Waals surface area contributed by atoms with Crippen molar-refractivity contribution in [2.75, 3.05) is 25.1 Å². The lowest BCUT2D eigenvalue weighted by Gasteiger charge is -2.45. The molecule has 5 rings (SSSR count). The molecular formula is C29H30N2O4. The van der Waals surface area contributed by atoms with E-state index in [1.54, 1.807) is 0 Å². The van der Waals surface area contributed by atoms with Gasteiger partial charge in [0.05, 0.1) is 25.2 Å². The molecule has 3 aromatic rings. The Labute approximate surface area is 205 Å². The SMILES string of the molecule is CCOc1cc2c(cc1OCC)[C@H]1[C@@H](C(=O)Nc3ccccc3C)c3ccccc3C(=O)N1CC2. The van der Waals surface area contributed by atoms with Crippen molar-refractivity contribution in [3.63, 3.8) is 0 Å². The average Bonchev–Trinajstić information content (AvgIpc) is 2.86. The maximum atomic E-state index is 13.9. The smallest absolute Gasteiger partial charge is 0.254 e. The van der Waals surface area contributed by atoms with E-state index in [4.69, 9.17) is 9.47 Å². The van der Waals surface area contributed by atoms with E-state index in [-0.39, 0.29) is 11.8 Å². The predicted molar refractivity (Wildman–Crippen MR) is 135 cm³/mol. The standard InChI is InChI=1S/C29H30N2O4/c1-4-34-24-16-19-14-15-31-27(22(19)17-25(24)35-5-2)26(20-11-7-8-12-21(20)29(31)33)28(32)30-23-13-9-6-10-18(23)3/h6-13,16-17,26-27H,4-5,14-15H2,1-3H3,(H,30,32)/t26-,27-/m0/s1. The number of nitrogens with zero attached hydrogens (tertiary/aromatic N) is 1. The minimum atomic E-state index is -0.560. The van der Waals surface area contributed by atoms with Gasteiger partial charge in [0.1, 0.15) is 0 Å². The van der Waals surface area contributed by atoms with Crippen LogP contribution in [0.5, 0.6) is 11.5 Å². The number of fused-ring (bicyclic) bond motifs is 4. The third-order valence-electron chi connectivity index (χ3n) is 6.87. The number of hydrogen-bond acceptors (Lipinski definition) is 4. The van der Waals surface area contributed by atoms with Gasteiger partial charge in [0.15, 0.2) is 11.5 Å². The van der Waals surface area contributed by atoms with Crippen molar-refractivity contribution in [1.29, 1.82) is 0 Å². The van der Waals surface area contributed by atoms with E-state index in [9.17, 15) is 9.59 Å². The van der Waals surface area contributed by atoms with Gasteiger partial charge >= 0.3 is 0 Å². The Bertz CT molecular complexity index is 1290. The molecule has 2 amide bonds. The van der Waals surface area contributed by atoms with Gasteiger partial charge in [-0.2, -0.15) is 0 Å². The number of carbonyl (C=O) groups is 2. The highest BCUT2D eigenvalue weighted by atomic mass is 16.5. The number of ether oxygens (including phenoxy) is 2. The fourth-order valence-electron chi connectivity index (χ4n) is 5.28. The number of nitrogens with one attached hydrogen (secondary N) is 1. The second-order valence-electron chi connectivity index (χ2n) is 8.93. The summed E-state index contributed by atoms with van der Waals surface area (Å²) in [5.41, 5.74) is 5.13. The first-order valence-electron chi connectivity index (χ1n) is 12.2.